The van der Waals surface area contributed by atoms with Crippen LogP contribution in [0.1, 0.15) is 29.8 Å². The van der Waals surface area contributed by atoms with Crippen molar-refractivity contribution in [2.45, 2.75) is 26.4 Å². The van der Waals surface area contributed by atoms with Crippen molar-refractivity contribution in [2.75, 3.05) is 11.1 Å². The van der Waals surface area contributed by atoms with Gasteiger partial charge in [0.05, 0.1) is 17.1 Å². The van der Waals surface area contributed by atoms with Crippen LogP contribution in [0.2, 0.25) is 0 Å². The molecule has 0 saturated carbocycles. The Morgan fingerprint density at radius 3 is 2.77 bits per heavy atom. The number of pyridine rings is 1. The Morgan fingerprint density at radius 1 is 1.36 bits per heavy atom. The lowest BCUT2D eigenvalue weighted by Crippen LogP contribution is -2.07. The number of nitrogens with one attached hydrogen (secondary N) is 1. The fourth-order valence-corrected chi connectivity index (χ4v) is 2.10. The molecule has 0 spiro atoms. The molecule has 22 heavy (non-hydrogen) atoms. The van der Waals surface area contributed by atoms with Crippen LogP contribution >= 0.6 is 0 Å². The summed E-state index contributed by atoms with van der Waals surface area (Å²) in [6, 6.07) is 8.86. The van der Waals surface area contributed by atoms with E-state index in [0.717, 1.165) is 16.8 Å². The third-order valence-corrected chi connectivity index (χ3v) is 3.43. The van der Waals surface area contributed by atoms with Gasteiger partial charge in [0.15, 0.2) is 0 Å². The average molecular weight is 297 g/mol. The largest absolute Gasteiger partial charge is 0.396 e. The van der Waals surface area contributed by atoms with Crippen LogP contribution in [-0.2, 0) is 6.54 Å². The van der Waals surface area contributed by atoms with E-state index in [1.165, 1.54) is 0 Å². The highest BCUT2D eigenvalue weighted by molar-refractivity contribution is 5.61. The van der Waals surface area contributed by atoms with E-state index in [1.54, 1.807) is 19.1 Å². The van der Waals surface area contributed by atoms with E-state index in [0.29, 0.717) is 23.7 Å². The quantitative estimate of drug-likeness (QED) is 0.627. The molecule has 0 amide bonds. The molecule has 2 rings (SSSR count). The number of hydrogen-bond donors (Lipinski definition) is 2. The highest BCUT2D eigenvalue weighted by Crippen LogP contribution is 2.23. The van der Waals surface area contributed by atoms with E-state index in [4.69, 9.17) is 5.73 Å². The molecule has 1 atom stereocenters. The summed E-state index contributed by atoms with van der Waals surface area (Å²) in [5, 5.41) is 6.17. The second-order valence-corrected chi connectivity index (χ2v) is 5.09. The fourth-order valence-electron chi connectivity index (χ4n) is 2.10. The van der Waals surface area contributed by atoms with Crippen LogP contribution in [0, 0.1) is 11.8 Å². The predicted molar refractivity (Wildman–Crippen MR) is 90.6 cm³/mol. The number of hydrogen-bond acceptors (Lipinski definition) is 6. The van der Waals surface area contributed by atoms with Gasteiger partial charge in [0.25, 0.3) is 0 Å². The fraction of sp³-hybridized carbons (Fsp3) is 0.250. The Morgan fingerprint density at radius 2 is 2.14 bits per heavy atom. The summed E-state index contributed by atoms with van der Waals surface area (Å²) >= 11 is 0. The summed E-state index contributed by atoms with van der Waals surface area (Å²) in [5.41, 5.74) is 10.0. The maximum Gasteiger partial charge on any atom is 0.149 e. The van der Waals surface area contributed by atoms with Gasteiger partial charge in [-0.3, -0.25) is 4.99 Å². The van der Waals surface area contributed by atoms with Crippen LogP contribution < -0.4 is 11.1 Å². The third-order valence-electron chi connectivity index (χ3n) is 3.43. The minimum Gasteiger partial charge on any atom is -0.396 e. The molecule has 0 aliphatic rings. The molecule has 6 heteroatoms. The molecule has 3 N–H and O–H groups in total. The number of rotatable bonds is 6. The summed E-state index contributed by atoms with van der Waals surface area (Å²) in [6.07, 6.45) is 0. The molecule has 0 saturated heterocycles. The van der Waals surface area contributed by atoms with Gasteiger partial charge in [-0.1, -0.05) is 17.3 Å². The second kappa shape index (κ2) is 6.80. The highest BCUT2D eigenvalue weighted by Gasteiger charge is 2.10. The van der Waals surface area contributed by atoms with Crippen molar-refractivity contribution >= 4 is 23.9 Å². The molecule has 0 bridgehead atoms. The zero-order valence-corrected chi connectivity index (χ0v) is 12.7. The van der Waals surface area contributed by atoms with Crippen LogP contribution in [0.25, 0.3) is 0 Å². The molecule has 2 aromatic rings. The van der Waals surface area contributed by atoms with Gasteiger partial charge < -0.3 is 11.1 Å². The first-order valence-electron chi connectivity index (χ1n) is 6.94. The van der Waals surface area contributed by atoms with Gasteiger partial charge in [-0.2, -0.15) is 4.91 Å². The number of aryl methyl sites for hydroxylation is 1. The Bertz CT molecular complexity index is 699. The number of nitrogens with two attached hydrogens (primary N) is 1. The smallest absolute Gasteiger partial charge is 0.149 e. The molecule has 0 aliphatic carbocycles. The molecule has 114 valence electrons. The third kappa shape index (κ3) is 3.46. The summed E-state index contributed by atoms with van der Waals surface area (Å²) in [7, 11) is 0. The topological polar surface area (TPSA) is 92.7 Å². The van der Waals surface area contributed by atoms with Gasteiger partial charge in [-0.15, -0.1) is 0 Å². The minimum atomic E-state index is -0.499. The summed E-state index contributed by atoms with van der Waals surface area (Å²) in [6.45, 7) is 7.78. The normalized spacial score (nSPS) is 11.7. The van der Waals surface area contributed by atoms with E-state index >= 15 is 0 Å². The van der Waals surface area contributed by atoms with E-state index in [1.807, 2.05) is 25.1 Å². The first-order chi connectivity index (χ1) is 10.5. The van der Waals surface area contributed by atoms with Crippen molar-refractivity contribution in [1.29, 1.82) is 0 Å². The maximum atomic E-state index is 10.6. The summed E-state index contributed by atoms with van der Waals surface area (Å²) < 4.78 is 0. The van der Waals surface area contributed by atoms with Crippen molar-refractivity contribution in [1.82, 2.24) is 4.98 Å². The minimum absolute atomic E-state index is 0.499. The summed E-state index contributed by atoms with van der Waals surface area (Å²) in [4.78, 5) is 18.9. The van der Waals surface area contributed by atoms with Crippen molar-refractivity contribution in [2.24, 2.45) is 10.2 Å². The van der Waals surface area contributed by atoms with Crippen LogP contribution in [0.5, 0.6) is 0 Å². The van der Waals surface area contributed by atoms with Crippen LogP contribution in [-0.4, -0.2) is 11.7 Å². The second-order valence-electron chi connectivity index (χ2n) is 5.09. The molecule has 1 unspecified atom stereocenters. The predicted octanol–water partition coefficient (Wildman–Crippen LogP) is 3.74. The van der Waals surface area contributed by atoms with Crippen molar-refractivity contribution < 1.29 is 0 Å². The number of aromatic nitrogens is 1. The Kier molecular flexibility index (Phi) is 4.83. The van der Waals surface area contributed by atoms with Crippen LogP contribution in [0.15, 0.2) is 40.5 Å². The zero-order chi connectivity index (χ0) is 16.1. The van der Waals surface area contributed by atoms with E-state index < -0.39 is 6.04 Å². The van der Waals surface area contributed by atoms with Gasteiger partial charge in [-0.05, 0) is 49.9 Å². The van der Waals surface area contributed by atoms with Gasteiger partial charge in [-0.25, -0.2) is 4.98 Å². The number of benzene rings is 1. The lowest BCUT2D eigenvalue weighted by Gasteiger charge is -2.12. The van der Waals surface area contributed by atoms with Crippen LogP contribution in [0.4, 0.5) is 17.2 Å². The molecule has 0 radical (unpaired) electrons. The number of anilines is 2. The van der Waals surface area contributed by atoms with Crippen molar-refractivity contribution in [3.63, 3.8) is 0 Å². The van der Waals surface area contributed by atoms with Crippen molar-refractivity contribution in [3.05, 3.63) is 52.1 Å². The average Bonchev–Trinajstić information content (AvgIpc) is 2.53. The zero-order valence-electron chi connectivity index (χ0n) is 12.7. The molecule has 1 aromatic carbocycles. The summed E-state index contributed by atoms with van der Waals surface area (Å²) in [5.74, 6) is 0.552. The Labute approximate surface area is 129 Å². The number of aliphatic imine (C=N–C) groups is 1. The lowest BCUT2D eigenvalue weighted by molar-refractivity contribution is 0.776. The van der Waals surface area contributed by atoms with Gasteiger partial charge >= 0.3 is 0 Å². The Balaban J connectivity index is 2.15. The molecule has 0 fully saturated rings. The molecule has 6 nitrogen and oxygen atoms in total. The van der Waals surface area contributed by atoms with E-state index in [9.17, 15) is 4.91 Å². The SMILES string of the molecule is C=Nc1ccc(CNc2nc(C(C)N=O)ccc2N)cc1C. The monoisotopic (exact) mass is 297 g/mol. The Hall–Kier alpha value is -2.76. The molecule has 1 heterocycles. The highest BCUT2D eigenvalue weighted by atomic mass is 16.3. The number of nitrogens with zero attached hydrogens (tertiary/aromatic N) is 3. The molecule has 1 aromatic heterocycles. The van der Waals surface area contributed by atoms with Crippen molar-refractivity contribution in [3.8, 4) is 0 Å². The first kappa shape index (κ1) is 15.6. The number of nitrogen functional groups attached to an aromatic ring is 1. The van der Waals surface area contributed by atoms with E-state index in [2.05, 4.69) is 27.2 Å². The van der Waals surface area contributed by atoms with Crippen LogP contribution in [0.3, 0.4) is 0 Å². The maximum absolute atomic E-state index is 10.6. The van der Waals surface area contributed by atoms with Gasteiger partial charge in [0.2, 0.25) is 0 Å². The van der Waals surface area contributed by atoms with Gasteiger partial charge in [0.1, 0.15) is 11.9 Å². The molecular weight excluding hydrogens is 278 g/mol. The van der Waals surface area contributed by atoms with E-state index in [-0.39, 0.29) is 0 Å². The standard InChI is InChI=1S/C16H19N5O/c1-10-8-12(4-6-14(10)18-3)9-19-16-13(17)5-7-15(20-16)11(2)21-22/h4-8,11H,3,9,17H2,1-2H3,(H,19,20). The molecular formula is C16H19N5O. The molecule has 0 aliphatic heterocycles. The first-order valence-corrected chi connectivity index (χ1v) is 6.94. The van der Waals surface area contributed by atoms with Gasteiger partial charge in [0, 0.05) is 6.54 Å². The number of nitroso groups, excluding NO2 is 1. The lowest BCUT2D eigenvalue weighted by atomic mass is 10.1.